The molecule has 0 spiro atoms. The second kappa shape index (κ2) is 6.95. The van der Waals surface area contributed by atoms with Gasteiger partial charge in [-0.25, -0.2) is 9.37 Å². The summed E-state index contributed by atoms with van der Waals surface area (Å²) >= 11 is 0. The maximum Gasteiger partial charge on any atom is 0.228 e. The van der Waals surface area contributed by atoms with E-state index in [2.05, 4.69) is 10.3 Å². The molecule has 2 heterocycles. The van der Waals surface area contributed by atoms with Crippen LogP contribution in [-0.2, 0) is 4.79 Å². The first kappa shape index (κ1) is 17.4. The highest BCUT2D eigenvalue weighted by Gasteiger charge is 2.26. The van der Waals surface area contributed by atoms with Crippen LogP contribution < -0.4 is 5.32 Å². The summed E-state index contributed by atoms with van der Waals surface area (Å²) in [6.07, 6.45) is 5.94. The van der Waals surface area contributed by atoms with Gasteiger partial charge in [0, 0.05) is 29.4 Å². The van der Waals surface area contributed by atoms with E-state index in [1.807, 2.05) is 36.9 Å². The molecule has 0 bridgehead atoms. The Morgan fingerprint density at radius 2 is 1.93 bits per heavy atom. The molecule has 3 aromatic rings. The molecule has 1 aromatic carbocycles. The van der Waals surface area contributed by atoms with Crippen LogP contribution in [0.25, 0.3) is 22.4 Å². The van der Waals surface area contributed by atoms with Gasteiger partial charge in [-0.05, 0) is 54.8 Å². The topological polar surface area (TPSA) is 59.8 Å². The van der Waals surface area contributed by atoms with Crippen LogP contribution in [0, 0.1) is 11.7 Å². The summed E-state index contributed by atoms with van der Waals surface area (Å²) in [5, 5.41) is 7.59. The quantitative estimate of drug-likeness (QED) is 0.715. The minimum atomic E-state index is -0.274. The Balaban J connectivity index is 1.74. The van der Waals surface area contributed by atoms with E-state index < -0.39 is 0 Å². The predicted molar refractivity (Wildman–Crippen MR) is 103 cm³/mol. The lowest BCUT2D eigenvalue weighted by Gasteiger charge is -2.08. The molecule has 4 rings (SSSR count). The maximum absolute atomic E-state index is 13.3. The van der Waals surface area contributed by atoms with Gasteiger partial charge in [-0.2, -0.15) is 5.10 Å². The molecular weight excluding hydrogens is 343 g/mol. The largest absolute Gasteiger partial charge is 0.310 e. The molecule has 0 aliphatic heterocycles. The van der Waals surface area contributed by atoms with Crippen molar-refractivity contribution in [3.8, 4) is 22.4 Å². The highest BCUT2D eigenvalue weighted by atomic mass is 19.1. The lowest BCUT2D eigenvalue weighted by molar-refractivity contribution is -0.118. The number of hydrogen-bond acceptors (Lipinski definition) is 3. The van der Waals surface area contributed by atoms with E-state index in [4.69, 9.17) is 5.10 Å². The average molecular weight is 364 g/mol. The van der Waals surface area contributed by atoms with Crippen molar-refractivity contribution in [1.82, 2.24) is 14.8 Å². The van der Waals surface area contributed by atoms with Crippen molar-refractivity contribution in [2.75, 3.05) is 5.32 Å². The summed E-state index contributed by atoms with van der Waals surface area (Å²) in [7, 11) is 0. The average Bonchev–Trinajstić information content (AvgIpc) is 3.41. The number of nitrogens with zero attached hydrogens (tertiary/aromatic N) is 3. The third-order valence-electron chi connectivity index (χ3n) is 4.62. The van der Waals surface area contributed by atoms with Crippen molar-refractivity contribution in [2.24, 2.45) is 5.92 Å². The van der Waals surface area contributed by atoms with Crippen molar-refractivity contribution < 1.29 is 9.18 Å². The van der Waals surface area contributed by atoms with Crippen LogP contribution in [0.3, 0.4) is 0 Å². The number of aromatic nitrogens is 3. The van der Waals surface area contributed by atoms with Gasteiger partial charge in [0.2, 0.25) is 5.91 Å². The molecule has 1 amide bonds. The standard InChI is InChI=1S/C21H21FN4O/c1-13(2)21(27)24-19-11-15(9-10-23-19)18-12-26(17-7-8-17)25-20(18)14-3-5-16(22)6-4-14/h3-6,9-13,17H,7-8H2,1-2H3,(H,23,24,27). The van der Waals surface area contributed by atoms with Crippen molar-refractivity contribution in [1.29, 1.82) is 0 Å². The molecule has 5 nitrogen and oxygen atoms in total. The highest BCUT2D eigenvalue weighted by molar-refractivity contribution is 5.92. The molecule has 1 fully saturated rings. The van der Waals surface area contributed by atoms with Gasteiger partial charge in [0.15, 0.2) is 0 Å². The third-order valence-corrected chi connectivity index (χ3v) is 4.62. The fraction of sp³-hybridized carbons (Fsp3) is 0.286. The minimum absolute atomic E-state index is 0.0768. The first-order chi connectivity index (χ1) is 13.0. The summed E-state index contributed by atoms with van der Waals surface area (Å²) in [4.78, 5) is 16.2. The number of nitrogens with one attached hydrogen (secondary N) is 1. The van der Waals surface area contributed by atoms with E-state index in [0.717, 1.165) is 35.2 Å². The number of carbonyl (C=O) groups excluding carboxylic acids is 1. The first-order valence-corrected chi connectivity index (χ1v) is 9.13. The highest BCUT2D eigenvalue weighted by Crippen LogP contribution is 2.39. The van der Waals surface area contributed by atoms with E-state index in [0.29, 0.717) is 11.9 Å². The van der Waals surface area contributed by atoms with Crippen molar-refractivity contribution >= 4 is 11.7 Å². The van der Waals surface area contributed by atoms with Gasteiger partial charge in [0.1, 0.15) is 17.3 Å². The van der Waals surface area contributed by atoms with Crippen LogP contribution in [0.2, 0.25) is 0 Å². The number of carbonyl (C=O) groups is 1. The van der Waals surface area contributed by atoms with Crippen LogP contribution in [0.1, 0.15) is 32.7 Å². The van der Waals surface area contributed by atoms with Crippen LogP contribution in [0.5, 0.6) is 0 Å². The van der Waals surface area contributed by atoms with E-state index in [9.17, 15) is 9.18 Å². The number of anilines is 1. The van der Waals surface area contributed by atoms with Gasteiger partial charge in [-0.3, -0.25) is 9.48 Å². The number of hydrogen-bond donors (Lipinski definition) is 1. The maximum atomic E-state index is 13.3. The first-order valence-electron chi connectivity index (χ1n) is 9.13. The Bertz CT molecular complexity index is 974. The molecule has 1 saturated carbocycles. The van der Waals surface area contributed by atoms with E-state index in [1.165, 1.54) is 12.1 Å². The number of amides is 1. The molecule has 27 heavy (non-hydrogen) atoms. The van der Waals surface area contributed by atoms with E-state index in [-0.39, 0.29) is 17.6 Å². The number of pyridine rings is 1. The molecule has 0 radical (unpaired) electrons. The summed E-state index contributed by atoms with van der Waals surface area (Å²) in [5.41, 5.74) is 3.51. The molecule has 1 aliphatic carbocycles. The smallest absolute Gasteiger partial charge is 0.228 e. The number of benzene rings is 1. The zero-order valence-corrected chi connectivity index (χ0v) is 15.3. The normalized spacial score (nSPS) is 13.8. The summed E-state index contributed by atoms with van der Waals surface area (Å²) in [6.45, 7) is 3.68. The molecule has 138 valence electrons. The lowest BCUT2D eigenvalue weighted by Crippen LogP contribution is -2.18. The number of halogens is 1. The molecule has 1 N–H and O–H groups in total. The summed E-state index contributed by atoms with van der Waals surface area (Å²) < 4.78 is 15.3. The van der Waals surface area contributed by atoms with Gasteiger partial charge < -0.3 is 5.32 Å². The van der Waals surface area contributed by atoms with Gasteiger partial charge in [0.05, 0.1) is 6.04 Å². The SMILES string of the molecule is CC(C)C(=O)Nc1cc(-c2cn(C3CC3)nc2-c2ccc(F)cc2)ccn1. The molecule has 0 unspecified atom stereocenters. The second-order valence-corrected chi connectivity index (χ2v) is 7.18. The van der Waals surface area contributed by atoms with E-state index >= 15 is 0 Å². The van der Waals surface area contributed by atoms with Gasteiger partial charge in [-0.15, -0.1) is 0 Å². The van der Waals surface area contributed by atoms with E-state index in [1.54, 1.807) is 18.3 Å². The molecule has 1 aliphatic rings. The molecule has 2 aromatic heterocycles. The Morgan fingerprint density at radius 1 is 1.19 bits per heavy atom. The van der Waals surface area contributed by atoms with Crippen molar-refractivity contribution in [3.05, 3.63) is 54.6 Å². The Labute approximate surface area is 157 Å². The monoisotopic (exact) mass is 364 g/mol. The molecule has 6 heteroatoms. The zero-order valence-electron chi connectivity index (χ0n) is 15.3. The van der Waals surface area contributed by atoms with Crippen LogP contribution >= 0.6 is 0 Å². The minimum Gasteiger partial charge on any atom is -0.310 e. The van der Waals surface area contributed by atoms with Crippen LogP contribution in [-0.4, -0.2) is 20.7 Å². The van der Waals surface area contributed by atoms with Gasteiger partial charge >= 0.3 is 0 Å². The van der Waals surface area contributed by atoms with Crippen molar-refractivity contribution in [2.45, 2.75) is 32.7 Å². The van der Waals surface area contributed by atoms with Gasteiger partial charge in [0.25, 0.3) is 0 Å². The Kier molecular flexibility index (Phi) is 4.48. The lowest BCUT2D eigenvalue weighted by atomic mass is 10.0. The fourth-order valence-electron chi connectivity index (χ4n) is 2.89. The Hall–Kier alpha value is -3.02. The van der Waals surface area contributed by atoms with Crippen LogP contribution in [0.4, 0.5) is 10.2 Å². The molecular formula is C21H21FN4O. The second-order valence-electron chi connectivity index (χ2n) is 7.18. The fourth-order valence-corrected chi connectivity index (χ4v) is 2.89. The molecule has 0 atom stereocenters. The van der Waals surface area contributed by atoms with Crippen LogP contribution in [0.15, 0.2) is 48.8 Å². The van der Waals surface area contributed by atoms with Crippen molar-refractivity contribution in [3.63, 3.8) is 0 Å². The van der Waals surface area contributed by atoms with Gasteiger partial charge in [-0.1, -0.05) is 13.8 Å². The zero-order chi connectivity index (χ0) is 19.0. The third kappa shape index (κ3) is 3.74. The number of rotatable bonds is 5. The Morgan fingerprint density at radius 3 is 2.59 bits per heavy atom. The molecule has 0 saturated heterocycles. The summed E-state index contributed by atoms with van der Waals surface area (Å²) in [6, 6.07) is 10.5. The summed E-state index contributed by atoms with van der Waals surface area (Å²) in [5.74, 6) is 0.0369. The predicted octanol–water partition coefficient (Wildman–Crippen LogP) is 4.68.